The van der Waals surface area contributed by atoms with Crippen LogP contribution in [0.25, 0.3) is 0 Å². The molecule has 2 aromatic carbocycles. The minimum Gasteiger partial charge on any atom is -0.374 e. The van der Waals surface area contributed by atoms with Crippen LogP contribution in [0.5, 0.6) is 0 Å². The second kappa shape index (κ2) is 4.79. The number of aliphatic hydroxyl groups is 1. The Balaban J connectivity index is 2.37. The molecule has 0 saturated carbocycles. The zero-order valence-corrected chi connectivity index (χ0v) is 10.4. The molecule has 0 aromatic heterocycles. The van der Waals surface area contributed by atoms with Crippen molar-refractivity contribution in [1.82, 2.24) is 0 Å². The first-order chi connectivity index (χ1) is 8.12. The van der Waals surface area contributed by atoms with E-state index in [1.54, 1.807) is 48.5 Å². The summed E-state index contributed by atoms with van der Waals surface area (Å²) in [6.07, 6.45) is 0. The average Bonchev–Trinajstić information content (AvgIpc) is 2.40. The summed E-state index contributed by atoms with van der Waals surface area (Å²) in [5.74, 6) is -0.325. The quantitative estimate of drug-likeness (QED) is 0.665. The maximum Gasteiger partial charge on any atom is 0.202 e. The highest BCUT2D eigenvalue weighted by Gasteiger charge is 2.32. The smallest absolute Gasteiger partial charge is 0.202 e. The van der Waals surface area contributed by atoms with E-state index in [-0.39, 0.29) is 5.78 Å². The number of carbonyl (C=O) groups excluding carboxylic acids is 1. The third-order valence-electron chi connectivity index (χ3n) is 2.60. The lowest BCUT2D eigenvalue weighted by Gasteiger charge is -2.22. The molecule has 0 bridgehead atoms. The summed E-state index contributed by atoms with van der Waals surface area (Å²) in [5.41, 5.74) is 1.06. The molecule has 2 aromatic rings. The Bertz CT molecular complexity index is 506. The van der Waals surface area contributed by atoms with Crippen LogP contribution in [-0.2, 0) is 5.34 Å². The average molecular weight is 244 g/mol. The molecule has 0 saturated heterocycles. The summed E-state index contributed by atoms with van der Waals surface area (Å²) in [6.45, 7) is 0. The SMILES string of the molecule is O=C(c1ccccc1)C(O)(P)c1ccccc1. The Hall–Kier alpha value is -1.50. The molecule has 0 fully saturated rings. The van der Waals surface area contributed by atoms with E-state index >= 15 is 0 Å². The Kier molecular flexibility index (Phi) is 3.37. The van der Waals surface area contributed by atoms with Gasteiger partial charge >= 0.3 is 0 Å². The van der Waals surface area contributed by atoms with Gasteiger partial charge in [0.1, 0.15) is 0 Å². The molecule has 1 N–H and O–H groups in total. The standard InChI is InChI=1S/C14H13O2P/c15-13(11-7-3-1-4-8-11)14(16,17)12-9-5-2-6-10-12/h1-10,16H,17H2. The van der Waals surface area contributed by atoms with Gasteiger partial charge in [0.2, 0.25) is 5.78 Å². The van der Waals surface area contributed by atoms with Gasteiger partial charge in [-0.2, -0.15) is 0 Å². The van der Waals surface area contributed by atoms with Crippen LogP contribution in [0.3, 0.4) is 0 Å². The topological polar surface area (TPSA) is 37.3 Å². The van der Waals surface area contributed by atoms with E-state index in [2.05, 4.69) is 9.24 Å². The van der Waals surface area contributed by atoms with Gasteiger partial charge in [0.05, 0.1) is 0 Å². The predicted molar refractivity (Wildman–Crippen MR) is 70.8 cm³/mol. The second-order valence-corrected chi connectivity index (χ2v) is 4.66. The zero-order chi connectivity index (χ0) is 12.3. The fourth-order valence-corrected chi connectivity index (χ4v) is 1.99. The van der Waals surface area contributed by atoms with Crippen LogP contribution < -0.4 is 0 Å². The molecule has 0 aliphatic heterocycles. The van der Waals surface area contributed by atoms with Gasteiger partial charge < -0.3 is 5.11 Å². The third-order valence-corrected chi connectivity index (χ3v) is 3.19. The molecular weight excluding hydrogens is 231 g/mol. The summed E-state index contributed by atoms with van der Waals surface area (Å²) in [7, 11) is 2.22. The molecule has 0 radical (unpaired) electrons. The van der Waals surface area contributed by atoms with Crippen LogP contribution in [0.15, 0.2) is 60.7 Å². The number of rotatable bonds is 3. The van der Waals surface area contributed by atoms with Crippen molar-refractivity contribution in [3.05, 3.63) is 71.8 Å². The van der Waals surface area contributed by atoms with Crippen LogP contribution in [0.1, 0.15) is 15.9 Å². The molecule has 2 nitrogen and oxygen atoms in total. The van der Waals surface area contributed by atoms with E-state index in [0.29, 0.717) is 11.1 Å². The lowest BCUT2D eigenvalue weighted by Crippen LogP contribution is -2.28. The van der Waals surface area contributed by atoms with E-state index in [1.165, 1.54) is 0 Å². The van der Waals surface area contributed by atoms with Crippen molar-refractivity contribution >= 4 is 15.0 Å². The highest BCUT2D eigenvalue weighted by molar-refractivity contribution is 7.20. The van der Waals surface area contributed by atoms with Gasteiger partial charge in [0.15, 0.2) is 5.34 Å². The van der Waals surface area contributed by atoms with Gasteiger partial charge in [-0.1, -0.05) is 69.9 Å². The van der Waals surface area contributed by atoms with Crippen molar-refractivity contribution in [3.8, 4) is 0 Å². The largest absolute Gasteiger partial charge is 0.374 e. The fourth-order valence-electron chi connectivity index (χ4n) is 1.63. The van der Waals surface area contributed by atoms with Crippen molar-refractivity contribution in [2.24, 2.45) is 0 Å². The van der Waals surface area contributed by atoms with Gasteiger partial charge in [0, 0.05) is 5.56 Å². The predicted octanol–water partition coefficient (Wildman–Crippen LogP) is 2.59. The maximum atomic E-state index is 12.2. The molecule has 2 rings (SSSR count). The molecule has 2 unspecified atom stereocenters. The van der Waals surface area contributed by atoms with E-state index in [9.17, 15) is 9.90 Å². The first kappa shape index (κ1) is 12.0. The van der Waals surface area contributed by atoms with Crippen LogP contribution in [-0.4, -0.2) is 10.9 Å². The summed E-state index contributed by atoms with van der Waals surface area (Å²) < 4.78 is 0. The molecule has 17 heavy (non-hydrogen) atoms. The summed E-state index contributed by atoms with van der Waals surface area (Å²) >= 11 is 0. The van der Waals surface area contributed by atoms with E-state index < -0.39 is 5.34 Å². The molecule has 0 aliphatic carbocycles. The van der Waals surface area contributed by atoms with Gasteiger partial charge in [0.25, 0.3) is 0 Å². The number of hydrogen-bond acceptors (Lipinski definition) is 2. The molecule has 0 spiro atoms. The monoisotopic (exact) mass is 244 g/mol. The number of carbonyl (C=O) groups is 1. The van der Waals surface area contributed by atoms with Crippen molar-refractivity contribution in [3.63, 3.8) is 0 Å². The Morgan fingerprint density at radius 3 is 1.94 bits per heavy atom. The highest BCUT2D eigenvalue weighted by atomic mass is 31.0. The number of benzene rings is 2. The fraction of sp³-hybridized carbons (Fsp3) is 0.0714. The Morgan fingerprint density at radius 1 is 0.941 bits per heavy atom. The minimum atomic E-state index is -1.57. The van der Waals surface area contributed by atoms with Crippen molar-refractivity contribution in [2.75, 3.05) is 0 Å². The van der Waals surface area contributed by atoms with Gasteiger partial charge in [-0.05, 0) is 5.56 Å². The molecule has 0 aliphatic rings. The summed E-state index contributed by atoms with van der Waals surface area (Å²) in [6, 6.07) is 17.7. The second-order valence-electron chi connectivity index (χ2n) is 3.83. The van der Waals surface area contributed by atoms with Crippen LogP contribution in [0.2, 0.25) is 0 Å². The minimum absolute atomic E-state index is 0.325. The molecule has 2 atom stereocenters. The van der Waals surface area contributed by atoms with Crippen molar-refractivity contribution in [1.29, 1.82) is 0 Å². The summed E-state index contributed by atoms with van der Waals surface area (Å²) in [4.78, 5) is 12.2. The van der Waals surface area contributed by atoms with E-state index in [0.717, 1.165) is 0 Å². The molecule has 0 heterocycles. The van der Waals surface area contributed by atoms with Crippen LogP contribution in [0, 0.1) is 0 Å². The maximum absolute atomic E-state index is 12.2. The van der Waals surface area contributed by atoms with E-state index in [1.807, 2.05) is 12.1 Å². The van der Waals surface area contributed by atoms with Crippen LogP contribution >= 0.6 is 9.24 Å². The normalized spacial score (nSPS) is 14.0. The molecular formula is C14H13O2P. The van der Waals surface area contributed by atoms with Gasteiger partial charge in [-0.15, -0.1) is 0 Å². The van der Waals surface area contributed by atoms with Crippen LogP contribution in [0.4, 0.5) is 0 Å². The lowest BCUT2D eigenvalue weighted by atomic mass is 9.99. The molecule has 86 valence electrons. The number of hydrogen-bond donors (Lipinski definition) is 1. The third kappa shape index (κ3) is 2.44. The molecule has 0 amide bonds. The Labute approximate surface area is 103 Å². The first-order valence-electron chi connectivity index (χ1n) is 5.29. The molecule has 3 heteroatoms. The lowest BCUT2D eigenvalue weighted by molar-refractivity contribution is 0.0656. The highest BCUT2D eigenvalue weighted by Crippen LogP contribution is 2.32. The Morgan fingerprint density at radius 2 is 1.41 bits per heavy atom. The number of ketones is 1. The van der Waals surface area contributed by atoms with Gasteiger partial charge in [-0.25, -0.2) is 0 Å². The summed E-state index contributed by atoms with van der Waals surface area (Å²) in [5, 5.41) is 8.75. The first-order valence-corrected chi connectivity index (χ1v) is 5.87. The van der Waals surface area contributed by atoms with E-state index in [4.69, 9.17) is 0 Å². The number of Topliss-reactive ketones (excluding diaryl/α,β-unsaturated/α-hetero) is 1. The van der Waals surface area contributed by atoms with Crippen molar-refractivity contribution in [2.45, 2.75) is 5.34 Å². The zero-order valence-electron chi connectivity index (χ0n) is 9.21. The van der Waals surface area contributed by atoms with Gasteiger partial charge in [-0.3, -0.25) is 4.79 Å². The van der Waals surface area contributed by atoms with Crippen molar-refractivity contribution < 1.29 is 9.90 Å².